The van der Waals surface area contributed by atoms with E-state index in [4.69, 9.17) is 0 Å². The lowest BCUT2D eigenvalue weighted by molar-refractivity contribution is -0.126. The predicted molar refractivity (Wildman–Crippen MR) is 98.3 cm³/mol. The second-order valence-electron chi connectivity index (χ2n) is 5.85. The normalized spacial score (nSPS) is 16.4. The number of anilines is 1. The molecule has 3 amide bonds. The largest absolute Gasteiger partial charge is 0.507 e. The Morgan fingerprint density at radius 1 is 1.12 bits per heavy atom. The smallest absolute Gasteiger partial charge is 0.273 e. The summed E-state index contributed by atoms with van der Waals surface area (Å²) >= 11 is 3.36. The molecule has 0 spiro atoms. The van der Waals surface area contributed by atoms with Crippen LogP contribution in [0, 0.1) is 5.92 Å². The standard InChI is InChI=1S/C18H16BrN3O4/c19-12-4-3-5-13(9-12)22-10-11(8-16(22)24)17(25)20-21-18(26)14-6-1-2-7-15(14)23/h1-7,9,11,23H,8,10H2,(H,20,25)(H,21,26). The molecule has 0 aliphatic carbocycles. The van der Waals surface area contributed by atoms with Crippen LogP contribution in [0.1, 0.15) is 16.8 Å². The van der Waals surface area contributed by atoms with Gasteiger partial charge in [0.05, 0.1) is 11.5 Å². The monoisotopic (exact) mass is 417 g/mol. The minimum absolute atomic E-state index is 0.0473. The molecule has 2 aromatic rings. The van der Waals surface area contributed by atoms with Crippen LogP contribution in [-0.4, -0.2) is 29.4 Å². The van der Waals surface area contributed by atoms with Crippen LogP contribution >= 0.6 is 15.9 Å². The van der Waals surface area contributed by atoms with E-state index in [0.29, 0.717) is 5.69 Å². The van der Waals surface area contributed by atoms with Crippen molar-refractivity contribution >= 4 is 39.3 Å². The van der Waals surface area contributed by atoms with E-state index in [2.05, 4.69) is 26.8 Å². The number of rotatable bonds is 3. The molecule has 0 aromatic heterocycles. The second kappa shape index (κ2) is 7.57. The minimum Gasteiger partial charge on any atom is -0.507 e. The first-order valence-electron chi connectivity index (χ1n) is 7.90. The van der Waals surface area contributed by atoms with Crippen molar-refractivity contribution in [3.8, 4) is 5.75 Å². The summed E-state index contributed by atoms with van der Waals surface area (Å²) in [6.45, 7) is 0.230. The van der Waals surface area contributed by atoms with Gasteiger partial charge in [-0.2, -0.15) is 0 Å². The van der Waals surface area contributed by atoms with Crippen molar-refractivity contribution in [2.24, 2.45) is 5.92 Å². The van der Waals surface area contributed by atoms with E-state index in [0.717, 1.165) is 4.47 Å². The molecular formula is C18H16BrN3O4. The van der Waals surface area contributed by atoms with Gasteiger partial charge in [0.25, 0.3) is 5.91 Å². The number of benzene rings is 2. The van der Waals surface area contributed by atoms with Crippen LogP contribution in [0.3, 0.4) is 0 Å². The van der Waals surface area contributed by atoms with Crippen molar-refractivity contribution in [1.82, 2.24) is 10.9 Å². The van der Waals surface area contributed by atoms with Gasteiger partial charge in [-0.05, 0) is 30.3 Å². The highest BCUT2D eigenvalue weighted by Gasteiger charge is 2.35. The number of carbonyl (C=O) groups is 3. The predicted octanol–water partition coefficient (Wildman–Crippen LogP) is 1.97. The Morgan fingerprint density at radius 2 is 1.88 bits per heavy atom. The molecule has 7 nitrogen and oxygen atoms in total. The molecule has 0 saturated carbocycles. The Labute approximate surface area is 158 Å². The molecule has 1 fully saturated rings. The van der Waals surface area contributed by atoms with E-state index in [1.807, 2.05) is 12.1 Å². The number of carbonyl (C=O) groups excluding carboxylic acids is 3. The van der Waals surface area contributed by atoms with Gasteiger partial charge in [0, 0.05) is 23.1 Å². The lowest BCUT2D eigenvalue weighted by Crippen LogP contribution is -2.45. The first kappa shape index (κ1) is 17.9. The van der Waals surface area contributed by atoms with Gasteiger partial charge in [-0.1, -0.05) is 34.1 Å². The SMILES string of the molecule is O=C(NNC(=O)C1CC(=O)N(c2cccc(Br)c2)C1)c1ccccc1O. The first-order valence-corrected chi connectivity index (χ1v) is 8.69. The van der Waals surface area contributed by atoms with Gasteiger partial charge in [-0.25, -0.2) is 0 Å². The molecule has 26 heavy (non-hydrogen) atoms. The maximum absolute atomic E-state index is 12.3. The van der Waals surface area contributed by atoms with E-state index < -0.39 is 17.7 Å². The number of hydrogen-bond acceptors (Lipinski definition) is 4. The van der Waals surface area contributed by atoms with Crippen molar-refractivity contribution in [2.45, 2.75) is 6.42 Å². The lowest BCUT2D eigenvalue weighted by atomic mass is 10.1. The Hall–Kier alpha value is -2.87. The number of nitrogens with zero attached hydrogens (tertiary/aromatic N) is 1. The molecule has 1 heterocycles. The summed E-state index contributed by atoms with van der Waals surface area (Å²) in [4.78, 5) is 38.0. The van der Waals surface area contributed by atoms with Crippen LogP contribution in [0.4, 0.5) is 5.69 Å². The van der Waals surface area contributed by atoms with Gasteiger partial charge >= 0.3 is 0 Å². The van der Waals surface area contributed by atoms with Crippen molar-refractivity contribution in [2.75, 3.05) is 11.4 Å². The highest BCUT2D eigenvalue weighted by Crippen LogP contribution is 2.27. The van der Waals surface area contributed by atoms with Crippen LogP contribution in [0.15, 0.2) is 53.0 Å². The lowest BCUT2D eigenvalue weighted by Gasteiger charge is -2.17. The van der Waals surface area contributed by atoms with Crippen molar-refractivity contribution in [3.63, 3.8) is 0 Å². The van der Waals surface area contributed by atoms with Gasteiger partial charge in [-0.15, -0.1) is 0 Å². The molecular weight excluding hydrogens is 402 g/mol. The van der Waals surface area contributed by atoms with E-state index in [1.54, 1.807) is 29.2 Å². The number of aromatic hydroxyl groups is 1. The van der Waals surface area contributed by atoms with E-state index in [-0.39, 0.29) is 30.2 Å². The highest BCUT2D eigenvalue weighted by molar-refractivity contribution is 9.10. The molecule has 1 unspecified atom stereocenters. The molecule has 3 N–H and O–H groups in total. The molecule has 1 aliphatic heterocycles. The fourth-order valence-electron chi connectivity index (χ4n) is 2.73. The Kier molecular flexibility index (Phi) is 5.22. The zero-order chi connectivity index (χ0) is 18.7. The third-order valence-electron chi connectivity index (χ3n) is 4.06. The van der Waals surface area contributed by atoms with Crippen LogP contribution < -0.4 is 15.8 Å². The summed E-state index contributed by atoms with van der Waals surface area (Å²) in [5, 5.41) is 9.65. The number of hydrazine groups is 1. The van der Waals surface area contributed by atoms with Gasteiger partial charge in [0.1, 0.15) is 5.75 Å². The third-order valence-corrected chi connectivity index (χ3v) is 4.56. The average molecular weight is 418 g/mol. The third kappa shape index (κ3) is 3.85. The summed E-state index contributed by atoms with van der Waals surface area (Å²) in [5.74, 6) is -2.01. The molecule has 1 saturated heterocycles. The molecule has 1 atom stereocenters. The fourth-order valence-corrected chi connectivity index (χ4v) is 3.12. The van der Waals surface area contributed by atoms with Gasteiger partial charge in [0.15, 0.2) is 0 Å². The van der Waals surface area contributed by atoms with Crippen LogP contribution in [-0.2, 0) is 9.59 Å². The summed E-state index contributed by atoms with van der Waals surface area (Å²) in [7, 11) is 0. The quantitative estimate of drug-likeness (QED) is 0.664. The molecule has 3 rings (SSSR count). The second-order valence-corrected chi connectivity index (χ2v) is 6.76. The number of hydrogen-bond donors (Lipinski definition) is 3. The highest BCUT2D eigenvalue weighted by atomic mass is 79.9. The van der Waals surface area contributed by atoms with Gasteiger partial charge in [0.2, 0.25) is 11.8 Å². The summed E-state index contributed by atoms with van der Waals surface area (Å²) in [5.41, 5.74) is 5.33. The molecule has 8 heteroatoms. The topological polar surface area (TPSA) is 98.7 Å². The van der Waals surface area contributed by atoms with E-state index in [9.17, 15) is 19.5 Å². The van der Waals surface area contributed by atoms with Crippen molar-refractivity contribution < 1.29 is 19.5 Å². The average Bonchev–Trinajstić information content (AvgIpc) is 3.01. The van der Waals surface area contributed by atoms with Crippen LogP contribution in [0.25, 0.3) is 0 Å². The van der Waals surface area contributed by atoms with Gasteiger partial charge in [-0.3, -0.25) is 25.2 Å². The number of amides is 3. The number of nitrogens with one attached hydrogen (secondary N) is 2. The molecule has 0 bridgehead atoms. The van der Waals surface area contributed by atoms with Gasteiger partial charge < -0.3 is 10.0 Å². The Morgan fingerprint density at radius 3 is 2.62 bits per heavy atom. The van der Waals surface area contributed by atoms with Crippen molar-refractivity contribution in [1.29, 1.82) is 0 Å². The molecule has 1 aliphatic rings. The number of phenols is 1. The maximum Gasteiger partial charge on any atom is 0.273 e. The van der Waals surface area contributed by atoms with Crippen LogP contribution in [0.2, 0.25) is 0 Å². The number of para-hydroxylation sites is 1. The first-order chi connectivity index (χ1) is 12.5. The molecule has 134 valence electrons. The summed E-state index contributed by atoms with van der Waals surface area (Å²) in [6, 6.07) is 13.3. The minimum atomic E-state index is -0.635. The zero-order valence-electron chi connectivity index (χ0n) is 13.6. The fraction of sp³-hybridized carbons (Fsp3) is 0.167. The zero-order valence-corrected chi connectivity index (χ0v) is 15.2. The summed E-state index contributed by atoms with van der Waals surface area (Å²) in [6.07, 6.45) is 0.0603. The number of halogens is 1. The van der Waals surface area contributed by atoms with E-state index in [1.165, 1.54) is 12.1 Å². The molecule has 2 aromatic carbocycles. The van der Waals surface area contributed by atoms with Crippen LogP contribution in [0.5, 0.6) is 5.75 Å². The summed E-state index contributed by atoms with van der Waals surface area (Å²) < 4.78 is 0.839. The Bertz CT molecular complexity index is 871. The Balaban J connectivity index is 1.60. The molecule has 0 radical (unpaired) electrons. The number of phenolic OH excluding ortho intramolecular Hbond substituents is 1. The van der Waals surface area contributed by atoms with E-state index >= 15 is 0 Å². The van der Waals surface area contributed by atoms with Crippen molar-refractivity contribution in [3.05, 3.63) is 58.6 Å². The maximum atomic E-state index is 12.3.